The van der Waals surface area contributed by atoms with Crippen LogP contribution in [-0.4, -0.2) is 42.9 Å². The van der Waals surface area contributed by atoms with E-state index in [1.807, 2.05) is 57.2 Å². The first kappa shape index (κ1) is 24.7. The van der Waals surface area contributed by atoms with Gasteiger partial charge in [-0.25, -0.2) is 4.79 Å². The highest BCUT2D eigenvalue weighted by Crippen LogP contribution is 2.19. The number of ether oxygens (including phenoxy) is 1. The number of alkyl carbamates (subject to hydrolysis) is 1. The first-order valence-corrected chi connectivity index (χ1v) is 9.30. The highest BCUT2D eigenvalue weighted by atomic mass is 127. The van der Waals surface area contributed by atoms with Crippen LogP contribution < -0.4 is 16.0 Å². The van der Waals surface area contributed by atoms with E-state index >= 15 is 0 Å². The van der Waals surface area contributed by atoms with Crippen molar-refractivity contribution >= 4 is 36.0 Å². The Hall–Kier alpha value is -2.30. The van der Waals surface area contributed by atoms with Crippen molar-refractivity contribution in [3.05, 3.63) is 42.1 Å². The Morgan fingerprint density at radius 3 is 2.48 bits per heavy atom. The standard InChI is InChI=1S/C20H29N5O3.HI/c1-20(2,3)27-19(26)23-12-8-11-22-18(21-4)24-14-16-13-17(28-25-16)15-9-6-5-7-10-15;/h5-7,9-10,13H,8,11-12,14H2,1-4H3,(H,23,26)(H2,21,22,24);1H. The predicted octanol–water partition coefficient (Wildman–Crippen LogP) is 3.54. The maximum Gasteiger partial charge on any atom is 0.407 e. The van der Waals surface area contributed by atoms with E-state index in [9.17, 15) is 4.79 Å². The van der Waals surface area contributed by atoms with Crippen molar-refractivity contribution in [2.24, 2.45) is 4.99 Å². The predicted molar refractivity (Wildman–Crippen MR) is 124 cm³/mol. The van der Waals surface area contributed by atoms with Gasteiger partial charge >= 0.3 is 6.09 Å². The number of halogens is 1. The van der Waals surface area contributed by atoms with Crippen LogP contribution in [0.15, 0.2) is 45.9 Å². The topological polar surface area (TPSA) is 101 Å². The smallest absolute Gasteiger partial charge is 0.407 e. The average molecular weight is 515 g/mol. The van der Waals surface area contributed by atoms with Crippen molar-refractivity contribution in [1.29, 1.82) is 0 Å². The summed E-state index contributed by atoms with van der Waals surface area (Å²) in [4.78, 5) is 15.7. The lowest BCUT2D eigenvalue weighted by Gasteiger charge is -2.19. The summed E-state index contributed by atoms with van der Waals surface area (Å²) >= 11 is 0. The second kappa shape index (κ2) is 12.3. The Balaban J connectivity index is 0.00000420. The van der Waals surface area contributed by atoms with Gasteiger partial charge < -0.3 is 25.2 Å². The second-order valence-corrected chi connectivity index (χ2v) is 7.18. The summed E-state index contributed by atoms with van der Waals surface area (Å²) in [5.74, 6) is 1.38. The molecule has 0 atom stereocenters. The van der Waals surface area contributed by atoms with E-state index in [1.165, 1.54) is 0 Å². The molecule has 3 N–H and O–H groups in total. The van der Waals surface area contributed by atoms with Gasteiger partial charge in [-0.15, -0.1) is 24.0 Å². The van der Waals surface area contributed by atoms with Crippen LogP contribution in [0.25, 0.3) is 11.3 Å². The molecular formula is C20H30IN5O3. The zero-order valence-corrected chi connectivity index (χ0v) is 19.7. The summed E-state index contributed by atoms with van der Waals surface area (Å²) in [5.41, 5.74) is 1.28. The largest absolute Gasteiger partial charge is 0.444 e. The Bertz CT molecular complexity index is 772. The second-order valence-electron chi connectivity index (χ2n) is 7.18. The number of benzene rings is 1. The molecule has 2 rings (SSSR count). The molecule has 2 aromatic rings. The van der Waals surface area contributed by atoms with Crippen LogP contribution in [-0.2, 0) is 11.3 Å². The number of carbonyl (C=O) groups excluding carboxylic acids is 1. The quantitative estimate of drug-likeness (QED) is 0.226. The van der Waals surface area contributed by atoms with Crippen LogP contribution in [0, 0.1) is 0 Å². The Morgan fingerprint density at radius 2 is 1.83 bits per heavy atom. The number of carbonyl (C=O) groups is 1. The molecular weight excluding hydrogens is 485 g/mol. The molecule has 0 aliphatic carbocycles. The Kier molecular flexibility index (Phi) is 10.5. The summed E-state index contributed by atoms with van der Waals surface area (Å²) in [6.45, 7) is 7.17. The highest BCUT2D eigenvalue weighted by Gasteiger charge is 2.15. The van der Waals surface area contributed by atoms with Gasteiger partial charge in [0.2, 0.25) is 0 Å². The molecule has 0 unspecified atom stereocenters. The lowest BCUT2D eigenvalue weighted by molar-refractivity contribution is 0.0527. The number of aromatic nitrogens is 1. The molecule has 0 saturated carbocycles. The maximum absolute atomic E-state index is 11.6. The van der Waals surface area contributed by atoms with Gasteiger partial charge in [0.1, 0.15) is 11.3 Å². The molecule has 160 valence electrons. The van der Waals surface area contributed by atoms with Gasteiger partial charge in [0, 0.05) is 31.8 Å². The van der Waals surface area contributed by atoms with E-state index in [0.717, 1.165) is 23.4 Å². The molecule has 0 aliphatic rings. The normalized spacial score (nSPS) is 11.4. The van der Waals surface area contributed by atoms with Crippen molar-refractivity contribution in [1.82, 2.24) is 21.1 Å². The van der Waals surface area contributed by atoms with Crippen LogP contribution in [0.3, 0.4) is 0 Å². The maximum atomic E-state index is 11.6. The van der Waals surface area contributed by atoms with E-state index in [-0.39, 0.29) is 24.0 Å². The van der Waals surface area contributed by atoms with Crippen molar-refractivity contribution < 1.29 is 14.1 Å². The third-order valence-corrected chi connectivity index (χ3v) is 3.59. The molecule has 1 heterocycles. The monoisotopic (exact) mass is 515 g/mol. The lowest BCUT2D eigenvalue weighted by atomic mass is 10.2. The van der Waals surface area contributed by atoms with Gasteiger partial charge in [-0.3, -0.25) is 4.99 Å². The summed E-state index contributed by atoms with van der Waals surface area (Å²) in [5, 5.41) is 13.2. The number of aliphatic imine (C=N–C) groups is 1. The molecule has 1 aromatic carbocycles. The van der Waals surface area contributed by atoms with Crippen LogP contribution in [0.4, 0.5) is 4.79 Å². The molecule has 1 aromatic heterocycles. The number of hydrogen-bond donors (Lipinski definition) is 3. The van der Waals surface area contributed by atoms with E-state index < -0.39 is 11.7 Å². The number of nitrogens with one attached hydrogen (secondary N) is 3. The summed E-state index contributed by atoms with van der Waals surface area (Å²) < 4.78 is 10.6. The fourth-order valence-corrected chi connectivity index (χ4v) is 2.33. The number of rotatable bonds is 7. The SMILES string of the molecule is CN=C(NCCCNC(=O)OC(C)(C)C)NCc1cc(-c2ccccc2)on1.I. The number of nitrogens with zero attached hydrogens (tertiary/aromatic N) is 2. The lowest BCUT2D eigenvalue weighted by Crippen LogP contribution is -2.39. The minimum absolute atomic E-state index is 0. The molecule has 0 aliphatic heterocycles. The van der Waals surface area contributed by atoms with Gasteiger partial charge in [-0.1, -0.05) is 35.5 Å². The number of guanidine groups is 1. The first-order valence-electron chi connectivity index (χ1n) is 9.30. The zero-order valence-electron chi connectivity index (χ0n) is 17.3. The van der Waals surface area contributed by atoms with Crippen LogP contribution in [0.2, 0.25) is 0 Å². The average Bonchev–Trinajstić information content (AvgIpc) is 3.12. The summed E-state index contributed by atoms with van der Waals surface area (Å²) in [6.07, 6.45) is 0.331. The highest BCUT2D eigenvalue weighted by molar-refractivity contribution is 14.0. The van der Waals surface area contributed by atoms with Gasteiger partial charge in [0.05, 0.1) is 6.54 Å². The van der Waals surface area contributed by atoms with Crippen molar-refractivity contribution in [3.8, 4) is 11.3 Å². The van der Waals surface area contributed by atoms with E-state index in [1.54, 1.807) is 7.05 Å². The molecule has 9 heteroatoms. The zero-order chi connectivity index (χ0) is 20.4. The third-order valence-electron chi connectivity index (χ3n) is 3.59. The molecule has 0 spiro atoms. The van der Waals surface area contributed by atoms with Crippen LogP contribution >= 0.6 is 24.0 Å². The minimum atomic E-state index is -0.490. The molecule has 29 heavy (non-hydrogen) atoms. The molecule has 0 fully saturated rings. The number of amides is 1. The van der Waals surface area contributed by atoms with Crippen molar-refractivity contribution in [2.75, 3.05) is 20.1 Å². The molecule has 0 radical (unpaired) electrons. The molecule has 8 nitrogen and oxygen atoms in total. The Morgan fingerprint density at radius 1 is 1.14 bits per heavy atom. The van der Waals surface area contributed by atoms with Gasteiger partial charge in [-0.05, 0) is 27.2 Å². The van der Waals surface area contributed by atoms with E-state index in [4.69, 9.17) is 9.26 Å². The van der Waals surface area contributed by atoms with Gasteiger partial charge in [0.15, 0.2) is 11.7 Å². The molecule has 0 bridgehead atoms. The third kappa shape index (κ3) is 9.64. The Labute approximate surface area is 188 Å². The van der Waals surface area contributed by atoms with Crippen molar-refractivity contribution in [3.63, 3.8) is 0 Å². The van der Waals surface area contributed by atoms with Crippen molar-refractivity contribution in [2.45, 2.75) is 39.3 Å². The molecule has 1 amide bonds. The number of hydrogen-bond acceptors (Lipinski definition) is 5. The van der Waals surface area contributed by atoms with Gasteiger partial charge in [-0.2, -0.15) is 0 Å². The van der Waals surface area contributed by atoms with E-state index in [0.29, 0.717) is 25.6 Å². The minimum Gasteiger partial charge on any atom is -0.444 e. The summed E-state index contributed by atoms with van der Waals surface area (Å²) in [7, 11) is 1.70. The van der Waals surface area contributed by atoms with Gasteiger partial charge in [0.25, 0.3) is 0 Å². The molecule has 0 saturated heterocycles. The van der Waals surface area contributed by atoms with Crippen LogP contribution in [0.5, 0.6) is 0 Å². The fourth-order valence-electron chi connectivity index (χ4n) is 2.33. The summed E-state index contributed by atoms with van der Waals surface area (Å²) in [6, 6.07) is 11.7. The van der Waals surface area contributed by atoms with E-state index in [2.05, 4.69) is 26.1 Å². The fraction of sp³-hybridized carbons (Fsp3) is 0.450. The van der Waals surface area contributed by atoms with Crippen LogP contribution in [0.1, 0.15) is 32.9 Å². The first-order chi connectivity index (χ1) is 13.4.